The molecule has 0 saturated carbocycles. The van der Waals surface area contributed by atoms with Crippen molar-refractivity contribution in [2.45, 2.75) is 13.3 Å². The van der Waals surface area contributed by atoms with Crippen molar-refractivity contribution < 1.29 is 4.74 Å². The average molecular weight is 255 g/mol. The molecular weight excluding hydrogens is 234 g/mol. The molecule has 2 nitrogen and oxygen atoms in total. The van der Waals surface area contributed by atoms with Crippen LogP contribution in [0, 0.1) is 12.8 Å². The maximum atomic E-state index is 5.88. The second-order valence-electron chi connectivity index (χ2n) is 4.87. The van der Waals surface area contributed by atoms with Gasteiger partial charge in [0.05, 0.1) is 6.61 Å². The highest BCUT2D eigenvalue weighted by molar-refractivity contribution is 5.31. The summed E-state index contributed by atoms with van der Waals surface area (Å²) < 4.78 is 5.88. The normalized spacial score (nSPS) is 12.1. The molecule has 100 valence electrons. The standard InChI is InChI=1S/C17H21NO/c1-14-7-5-6-10-17(14)19-13-16(12-18)11-15-8-3-2-4-9-15/h2-10,16H,11-13,18H2,1H3. The summed E-state index contributed by atoms with van der Waals surface area (Å²) >= 11 is 0. The number of rotatable bonds is 6. The summed E-state index contributed by atoms with van der Waals surface area (Å²) in [7, 11) is 0. The van der Waals surface area contributed by atoms with Gasteiger partial charge in [0, 0.05) is 5.92 Å². The minimum absolute atomic E-state index is 0.349. The van der Waals surface area contributed by atoms with Crippen LogP contribution in [0.5, 0.6) is 5.75 Å². The zero-order valence-corrected chi connectivity index (χ0v) is 11.4. The van der Waals surface area contributed by atoms with Crippen molar-refractivity contribution in [3.05, 3.63) is 65.7 Å². The largest absolute Gasteiger partial charge is 0.493 e. The Labute approximate surface area is 115 Å². The van der Waals surface area contributed by atoms with E-state index in [1.807, 2.05) is 24.3 Å². The molecule has 2 N–H and O–H groups in total. The lowest BCUT2D eigenvalue weighted by atomic mass is 10.0. The van der Waals surface area contributed by atoms with E-state index in [1.54, 1.807) is 0 Å². The van der Waals surface area contributed by atoms with E-state index < -0.39 is 0 Å². The molecule has 0 heterocycles. The fraction of sp³-hybridized carbons (Fsp3) is 0.294. The Kier molecular flexibility index (Phi) is 4.99. The van der Waals surface area contributed by atoms with Crippen LogP contribution < -0.4 is 10.5 Å². The second kappa shape index (κ2) is 6.95. The van der Waals surface area contributed by atoms with Crippen LogP contribution in [0.3, 0.4) is 0 Å². The lowest BCUT2D eigenvalue weighted by molar-refractivity contribution is 0.250. The molecule has 0 aromatic heterocycles. The molecule has 0 radical (unpaired) electrons. The molecular formula is C17H21NO. The van der Waals surface area contributed by atoms with Crippen molar-refractivity contribution >= 4 is 0 Å². The molecule has 19 heavy (non-hydrogen) atoms. The van der Waals surface area contributed by atoms with Crippen LogP contribution in [0.1, 0.15) is 11.1 Å². The molecule has 0 amide bonds. The number of benzene rings is 2. The van der Waals surface area contributed by atoms with Crippen LogP contribution >= 0.6 is 0 Å². The van der Waals surface area contributed by atoms with Gasteiger partial charge in [0.15, 0.2) is 0 Å². The molecule has 2 aromatic rings. The Morgan fingerprint density at radius 2 is 1.68 bits per heavy atom. The molecule has 0 aliphatic heterocycles. The number of aryl methyl sites for hydroxylation is 1. The Balaban J connectivity index is 1.91. The van der Waals surface area contributed by atoms with E-state index in [2.05, 4.69) is 37.3 Å². The van der Waals surface area contributed by atoms with Crippen molar-refractivity contribution in [2.24, 2.45) is 11.7 Å². The number of ether oxygens (including phenoxy) is 1. The van der Waals surface area contributed by atoms with Crippen LogP contribution in [-0.4, -0.2) is 13.2 Å². The van der Waals surface area contributed by atoms with Crippen LogP contribution in [0.2, 0.25) is 0 Å². The molecule has 0 fully saturated rings. The minimum Gasteiger partial charge on any atom is -0.493 e. The Bertz CT molecular complexity index is 496. The Morgan fingerprint density at radius 1 is 1.00 bits per heavy atom. The zero-order chi connectivity index (χ0) is 13.5. The molecule has 2 aromatic carbocycles. The van der Waals surface area contributed by atoms with Gasteiger partial charge in [-0.1, -0.05) is 48.5 Å². The van der Waals surface area contributed by atoms with Gasteiger partial charge in [0.25, 0.3) is 0 Å². The van der Waals surface area contributed by atoms with Gasteiger partial charge in [-0.05, 0) is 37.1 Å². The van der Waals surface area contributed by atoms with E-state index in [9.17, 15) is 0 Å². The summed E-state index contributed by atoms with van der Waals surface area (Å²) in [4.78, 5) is 0. The molecule has 2 rings (SSSR count). The molecule has 2 heteroatoms. The van der Waals surface area contributed by atoms with Crippen molar-refractivity contribution in [3.63, 3.8) is 0 Å². The lowest BCUT2D eigenvalue weighted by Crippen LogP contribution is -2.23. The fourth-order valence-corrected chi connectivity index (χ4v) is 2.08. The number of hydrogen-bond donors (Lipinski definition) is 1. The smallest absolute Gasteiger partial charge is 0.122 e. The summed E-state index contributed by atoms with van der Waals surface area (Å²) in [6.07, 6.45) is 0.962. The van der Waals surface area contributed by atoms with E-state index in [4.69, 9.17) is 10.5 Å². The van der Waals surface area contributed by atoms with E-state index >= 15 is 0 Å². The summed E-state index contributed by atoms with van der Waals surface area (Å²) in [6.45, 7) is 3.36. The summed E-state index contributed by atoms with van der Waals surface area (Å²) in [5.74, 6) is 1.30. The van der Waals surface area contributed by atoms with Gasteiger partial charge in [0.2, 0.25) is 0 Å². The molecule has 0 saturated heterocycles. The Hall–Kier alpha value is -1.80. The number of hydrogen-bond acceptors (Lipinski definition) is 2. The summed E-state index contributed by atoms with van der Waals surface area (Å²) in [5.41, 5.74) is 8.32. The van der Waals surface area contributed by atoms with E-state index in [-0.39, 0.29) is 0 Å². The fourth-order valence-electron chi connectivity index (χ4n) is 2.08. The first-order valence-corrected chi connectivity index (χ1v) is 6.72. The predicted molar refractivity (Wildman–Crippen MR) is 79.4 cm³/mol. The third kappa shape index (κ3) is 4.11. The van der Waals surface area contributed by atoms with Gasteiger partial charge < -0.3 is 10.5 Å². The second-order valence-corrected chi connectivity index (χ2v) is 4.87. The van der Waals surface area contributed by atoms with E-state index in [1.165, 1.54) is 5.56 Å². The molecule has 0 aliphatic rings. The lowest BCUT2D eigenvalue weighted by Gasteiger charge is -2.17. The number of nitrogens with two attached hydrogens (primary N) is 1. The molecule has 0 aliphatic carbocycles. The van der Waals surface area contributed by atoms with Gasteiger partial charge in [0.1, 0.15) is 5.75 Å². The van der Waals surface area contributed by atoms with Crippen molar-refractivity contribution in [3.8, 4) is 5.75 Å². The van der Waals surface area contributed by atoms with Crippen molar-refractivity contribution in [1.82, 2.24) is 0 Å². The van der Waals surface area contributed by atoms with Crippen molar-refractivity contribution in [1.29, 1.82) is 0 Å². The molecule has 1 unspecified atom stereocenters. The maximum Gasteiger partial charge on any atom is 0.122 e. The van der Waals surface area contributed by atoms with E-state index in [0.29, 0.717) is 19.1 Å². The molecule has 0 spiro atoms. The summed E-state index contributed by atoms with van der Waals surface area (Å²) in [6, 6.07) is 18.5. The maximum absolute atomic E-state index is 5.88. The van der Waals surface area contributed by atoms with Crippen LogP contribution in [0.4, 0.5) is 0 Å². The van der Waals surface area contributed by atoms with Gasteiger partial charge in [-0.25, -0.2) is 0 Å². The first-order chi connectivity index (χ1) is 9.29. The first-order valence-electron chi connectivity index (χ1n) is 6.72. The topological polar surface area (TPSA) is 35.2 Å². The summed E-state index contributed by atoms with van der Waals surface area (Å²) in [5, 5.41) is 0. The highest BCUT2D eigenvalue weighted by atomic mass is 16.5. The third-order valence-corrected chi connectivity index (χ3v) is 3.27. The SMILES string of the molecule is Cc1ccccc1OCC(CN)Cc1ccccc1. The highest BCUT2D eigenvalue weighted by Crippen LogP contribution is 2.18. The van der Waals surface area contributed by atoms with Crippen LogP contribution in [0.15, 0.2) is 54.6 Å². The van der Waals surface area contributed by atoms with Crippen LogP contribution in [0.25, 0.3) is 0 Å². The Morgan fingerprint density at radius 3 is 2.37 bits per heavy atom. The number of para-hydroxylation sites is 1. The first kappa shape index (κ1) is 13.6. The van der Waals surface area contributed by atoms with Gasteiger partial charge in [-0.3, -0.25) is 0 Å². The quantitative estimate of drug-likeness (QED) is 0.860. The van der Waals surface area contributed by atoms with E-state index in [0.717, 1.165) is 17.7 Å². The van der Waals surface area contributed by atoms with Crippen LogP contribution in [-0.2, 0) is 6.42 Å². The highest BCUT2D eigenvalue weighted by Gasteiger charge is 2.09. The monoisotopic (exact) mass is 255 g/mol. The molecule has 0 bridgehead atoms. The zero-order valence-electron chi connectivity index (χ0n) is 11.4. The van der Waals surface area contributed by atoms with Gasteiger partial charge in [-0.15, -0.1) is 0 Å². The van der Waals surface area contributed by atoms with Gasteiger partial charge >= 0.3 is 0 Å². The third-order valence-electron chi connectivity index (χ3n) is 3.27. The molecule has 1 atom stereocenters. The minimum atomic E-state index is 0.349. The van der Waals surface area contributed by atoms with Gasteiger partial charge in [-0.2, -0.15) is 0 Å². The average Bonchev–Trinajstić information content (AvgIpc) is 2.46. The predicted octanol–water partition coefficient (Wildman–Crippen LogP) is 3.19. The van der Waals surface area contributed by atoms with Crippen molar-refractivity contribution in [2.75, 3.05) is 13.2 Å².